The van der Waals surface area contributed by atoms with Gasteiger partial charge in [0.25, 0.3) is 0 Å². The molecule has 0 saturated heterocycles. The number of ether oxygens (including phenoxy) is 2. The van der Waals surface area contributed by atoms with Crippen molar-refractivity contribution < 1.29 is 9.47 Å². The van der Waals surface area contributed by atoms with Gasteiger partial charge in [0, 0.05) is 17.8 Å². The maximum Gasteiger partial charge on any atom is 0.220 e. The summed E-state index contributed by atoms with van der Waals surface area (Å²) < 4.78 is 10.7. The fourth-order valence-corrected chi connectivity index (χ4v) is 1.42. The van der Waals surface area contributed by atoms with Crippen LogP contribution in [0, 0.1) is 11.3 Å². The first-order valence-electron chi connectivity index (χ1n) is 5.21. The van der Waals surface area contributed by atoms with Crippen molar-refractivity contribution >= 4 is 5.69 Å². The smallest absolute Gasteiger partial charge is 0.220 e. The Morgan fingerprint density at radius 3 is 2.78 bits per heavy atom. The van der Waals surface area contributed by atoms with Gasteiger partial charge in [0.15, 0.2) is 11.5 Å². The van der Waals surface area contributed by atoms with Gasteiger partial charge in [-0.15, -0.1) is 0 Å². The zero-order chi connectivity index (χ0) is 13.0. The summed E-state index contributed by atoms with van der Waals surface area (Å²) in [4.78, 5) is 4.01. The third-order valence-electron chi connectivity index (χ3n) is 2.24. The number of benzene rings is 1. The molecule has 0 aliphatic heterocycles. The van der Waals surface area contributed by atoms with E-state index < -0.39 is 0 Å². The molecule has 5 nitrogen and oxygen atoms in total. The summed E-state index contributed by atoms with van der Waals surface area (Å²) in [6, 6.07) is 12.0. The molecule has 1 aromatic carbocycles. The number of anilines is 1. The van der Waals surface area contributed by atoms with Crippen LogP contribution in [-0.4, -0.2) is 12.1 Å². The first-order valence-corrected chi connectivity index (χ1v) is 5.21. The summed E-state index contributed by atoms with van der Waals surface area (Å²) in [5.74, 6) is 1.34. The first-order chi connectivity index (χ1) is 8.72. The van der Waals surface area contributed by atoms with Crippen LogP contribution in [0.3, 0.4) is 0 Å². The molecule has 0 radical (unpaired) electrons. The highest BCUT2D eigenvalue weighted by molar-refractivity contribution is 5.52. The molecule has 0 saturated carbocycles. The van der Waals surface area contributed by atoms with E-state index in [1.54, 1.807) is 36.4 Å². The minimum absolute atomic E-state index is 0.293. The van der Waals surface area contributed by atoms with Crippen LogP contribution in [0.15, 0.2) is 36.4 Å². The normalized spacial score (nSPS) is 9.56. The number of nitrogens with two attached hydrogens (primary N) is 1. The SMILES string of the molecule is COc1cc(N)ccc1Oc1cccc(C#N)n1. The van der Waals surface area contributed by atoms with E-state index >= 15 is 0 Å². The van der Waals surface area contributed by atoms with Gasteiger partial charge in [0.05, 0.1) is 7.11 Å². The minimum Gasteiger partial charge on any atom is -0.493 e. The van der Waals surface area contributed by atoms with Crippen LogP contribution in [0.5, 0.6) is 17.4 Å². The van der Waals surface area contributed by atoms with Crippen LogP contribution in [-0.2, 0) is 0 Å². The lowest BCUT2D eigenvalue weighted by Gasteiger charge is -2.10. The Labute approximate surface area is 104 Å². The molecule has 90 valence electrons. The summed E-state index contributed by atoms with van der Waals surface area (Å²) in [6.45, 7) is 0. The Bertz CT molecular complexity index is 605. The van der Waals surface area contributed by atoms with Crippen LogP contribution in [0.2, 0.25) is 0 Å². The van der Waals surface area contributed by atoms with E-state index in [0.29, 0.717) is 28.8 Å². The number of methoxy groups -OCH3 is 1. The molecule has 2 N–H and O–H groups in total. The summed E-state index contributed by atoms with van der Waals surface area (Å²) in [5, 5.41) is 8.76. The minimum atomic E-state index is 0.293. The van der Waals surface area contributed by atoms with E-state index in [2.05, 4.69) is 4.98 Å². The molecule has 5 heteroatoms. The molecular formula is C13H11N3O2. The third-order valence-corrected chi connectivity index (χ3v) is 2.24. The monoisotopic (exact) mass is 241 g/mol. The van der Waals surface area contributed by atoms with Crippen LogP contribution in [0.1, 0.15) is 5.69 Å². The van der Waals surface area contributed by atoms with Gasteiger partial charge < -0.3 is 15.2 Å². The van der Waals surface area contributed by atoms with E-state index in [9.17, 15) is 0 Å². The molecule has 0 aliphatic carbocycles. The van der Waals surface area contributed by atoms with Gasteiger partial charge in [-0.2, -0.15) is 5.26 Å². The fraction of sp³-hybridized carbons (Fsp3) is 0.0769. The van der Waals surface area contributed by atoms with Crippen molar-refractivity contribution in [1.29, 1.82) is 5.26 Å². The molecule has 0 unspecified atom stereocenters. The van der Waals surface area contributed by atoms with Gasteiger partial charge in [-0.25, -0.2) is 4.98 Å². The number of hydrogen-bond donors (Lipinski definition) is 1. The van der Waals surface area contributed by atoms with Crippen LogP contribution in [0.25, 0.3) is 0 Å². The third kappa shape index (κ3) is 2.50. The van der Waals surface area contributed by atoms with Crippen molar-refractivity contribution in [3.05, 3.63) is 42.1 Å². The van der Waals surface area contributed by atoms with Gasteiger partial charge in [-0.3, -0.25) is 0 Å². The van der Waals surface area contributed by atoms with E-state index in [0.717, 1.165) is 0 Å². The lowest BCUT2D eigenvalue weighted by Crippen LogP contribution is -1.94. The van der Waals surface area contributed by atoms with Crippen LogP contribution in [0.4, 0.5) is 5.69 Å². The lowest BCUT2D eigenvalue weighted by atomic mass is 10.3. The van der Waals surface area contributed by atoms with Crippen molar-refractivity contribution in [2.75, 3.05) is 12.8 Å². The molecule has 0 amide bonds. The van der Waals surface area contributed by atoms with Crippen molar-refractivity contribution in [3.8, 4) is 23.4 Å². The maximum absolute atomic E-state index is 8.76. The Hall–Kier alpha value is -2.74. The van der Waals surface area contributed by atoms with E-state index in [1.165, 1.54) is 7.11 Å². The number of pyridine rings is 1. The Balaban J connectivity index is 2.31. The highest BCUT2D eigenvalue weighted by Gasteiger charge is 2.07. The fourth-order valence-electron chi connectivity index (χ4n) is 1.42. The van der Waals surface area contributed by atoms with Crippen molar-refractivity contribution in [1.82, 2.24) is 4.98 Å². The zero-order valence-electron chi connectivity index (χ0n) is 9.75. The number of nitrogen functional groups attached to an aromatic ring is 1. The van der Waals surface area contributed by atoms with Gasteiger partial charge in [-0.05, 0) is 18.2 Å². The van der Waals surface area contributed by atoms with E-state index in [4.69, 9.17) is 20.5 Å². The zero-order valence-corrected chi connectivity index (χ0v) is 9.75. The average Bonchev–Trinajstić information content (AvgIpc) is 2.41. The molecular weight excluding hydrogens is 230 g/mol. The Morgan fingerprint density at radius 2 is 2.06 bits per heavy atom. The number of aromatic nitrogens is 1. The first kappa shape index (κ1) is 11.7. The number of hydrogen-bond acceptors (Lipinski definition) is 5. The van der Waals surface area contributed by atoms with Crippen LogP contribution >= 0.6 is 0 Å². The summed E-state index contributed by atoms with van der Waals surface area (Å²) >= 11 is 0. The van der Waals surface area contributed by atoms with Crippen molar-refractivity contribution in [2.45, 2.75) is 0 Å². The second-order valence-corrected chi connectivity index (χ2v) is 3.49. The average molecular weight is 241 g/mol. The molecule has 1 heterocycles. The molecule has 0 bridgehead atoms. The molecule has 2 rings (SSSR count). The largest absolute Gasteiger partial charge is 0.493 e. The van der Waals surface area contributed by atoms with E-state index in [1.807, 2.05) is 6.07 Å². The molecule has 0 aliphatic rings. The van der Waals surface area contributed by atoms with E-state index in [-0.39, 0.29) is 0 Å². The molecule has 18 heavy (non-hydrogen) atoms. The Kier molecular flexibility index (Phi) is 3.30. The summed E-state index contributed by atoms with van der Waals surface area (Å²) in [7, 11) is 1.53. The molecule has 1 aromatic heterocycles. The number of nitrogens with zero attached hydrogens (tertiary/aromatic N) is 2. The van der Waals surface area contributed by atoms with Crippen molar-refractivity contribution in [3.63, 3.8) is 0 Å². The van der Waals surface area contributed by atoms with Crippen molar-refractivity contribution in [2.24, 2.45) is 0 Å². The highest BCUT2D eigenvalue weighted by atomic mass is 16.5. The summed E-state index contributed by atoms with van der Waals surface area (Å²) in [5.41, 5.74) is 6.52. The molecule has 0 spiro atoms. The second kappa shape index (κ2) is 5.06. The quantitative estimate of drug-likeness (QED) is 0.834. The molecule has 0 atom stereocenters. The van der Waals surface area contributed by atoms with Crippen LogP contribution < -0.4 is 15.2 Å². The summed E-state index contributed by atoms with van der Waals surface area (Å²) in [6.07, 6.45) is 0. The molecule has 2 aromatic rings. The predicted octanol–water partition coefficient (Wildman–Crippen LogP) is 2.34. The maximum atomic E-state index is 8.76. The number of nitriles is 1. The lowest BCUT2D eigenvalue weighted by molar-refractivity contribution is 0.374. The van der Waals surface area contributed by atoms with Gasteiger partial charge in [0.2, 0.25) is 5.88 Å². The van der Waals surface area contributed by atoms with Gasteiger partial charge in [0.1, 0.15) is 11.8 Å². The molecule has 0 fully saturated rings. The standard InChI is InChI=1S/C13H11N3O2/c1-17-12-7-9(15)5-6-11(12)18-13-4-2-3-10(8-14)16-13/h2-7H,15H2,1H3. The van der Waals surface area contributed by atoms with Gasteiger partial charge >= 0.3 is 0 Å². The predicted molar refractivity (Wildman–Crippen MR) is 66.4 cm³/mol. The second-order valence-electron chi connectivity index (χ2n) is 3.49. The van der Waals surface area contributed by atoms with Gasteiger partial charge in [-0.1, -0.05) is 6.07 Å². The topological polar surface area (TPSA) is 81.2 Å². The Morgan fingerprint density at radius 1 is 1.22 bits per heavy atom. The number of rotatable bonds is 3. The highest BCUT2D eigenvalue weighted by Crippen LogP contribution is 2.32.